The Balaban J connectivity index is 1.93. The molecule has 1 N–H and O–H groups in total. The standard InChI is InChI=1S/C17H21NO3/c1-11-7-8-18(12(2)9-11)10-15-16(17(19)20)13-5-3-4-6-14(13)21-15/h3-6,11-12H,7-10H2,1-2H3,(H,19,20). The summed E-state index contributed by atoms with van der Waals surface area (Å²) in [4.78, 5) is 13.9. The van der Waals surface area contributed by atoms with Gasteiger partial charge in [-0.2, -0.15) is 0 Å². The Morgan fingerprint density at radius 3 is 2.86 bits per heavy atom. The van der Waals surface area contributed by atoms with Crippen molar-refractivity contribution in [3.8, 4) is 0 Å². The van der Waals surface area contributed by atoms with E-state index < -0.39 is 5.97 Å². The number of furan rings is 1. The maximum absolute atomic E-state index is 11.6. The van der Waals surface area contributed by atoms with Gasteiger partial charge in [0, 0.05) is 11.4 Å². The van der Waals surface area contributed by atoms with E-state index in [9.17, 15) is 9.90 Å². The molecule has 1 aromatic heterocycles. The molecule has 0 amide bonds. The molecule has 0 radical (unpaired) electrons. The Hall–Kier alpha value is -1.81. The monoisotopic (exact) mass is 287 g/mol. The highest BCUT2D eigenvalue weighted by atomic mass is 16.4. The molecule has 1 saturated heterocycles. The van der Waals surface area contributed by atoms with E-state index in [1.54, 1.807) is 0 Å². The van der Waals surface area contributed by atoms with Gasteiger partial charge in [0.1, 0.15) is 16.9 Å². The molecular weight excluding hydrogens is 266 g/mol. The lowest BCUT2D eigenvalue weighted by Crippen LogP contribution is -2.39. The van der Waals surface area contributed by atoms with Crippen molar-refractivity contribution in [2.45, 2.75) is 39.3 Å². The summed E-state index contributed by atoms with van der Waals surface area (Å²) in [5, 5.41) is 10.2. The van der Waals surface area contributed by atoms with Crippen LogP contribution < -0.4 is 0 Å². The lowest BCUT2D eigenvalue weighted by molar-refractivity contribution is 0.0689. The number of carboxylic acids is 1. The normalized spacial score (nSPS) is 23.5. The molecular formula is C17H21NO3. The van der Waals surface area contributed by atoms with Crippen molar-refractivity contribution in [2.75, 3.05) is 6.54 Å². The number of piperidine rings is 1. The molecule has 4 nitrogen and oxygen atoms in total. The third-order valence-corrected chi connectivity index (χ3v) is 4.50. The maximum atomic E-state index is 11.6. The molecule has 112 valence electrons. The van der Waals surface area contributed by atoms with Crippen LogP contribution in [0.1, 0.15) is 42.8 Å². The predicted molar refractivity (Wildman–Crippen MR) is 81.4 cm³/mol. The highest BCUT2D eigenvalue weighted by molar-refractivity contribution is 6.03. The number of carbonyl (C=O) groups is 1. The second-order valence-electron chi connectivity index (χ2n) is 6.15. The number of benzene rings is 1. The van der Waals surface area contributed by atoms with Gasteiger partial charge in [-0.3, -0.25) is 4.90 Å². The van der Waals surface area contributed by atoms with E-state index in [4.69, 9.17) is 4.42 Å². The number of carboxylic acid groups (broad SMARTS) is 1. The Kier molecular flexibility index (Phi) is 3.72. The molecule has 1 fully saturated rings. The van der Waals surface area contributed by atoms with Crippen LogP contribution in [0.3, 0.4) is 0 Å². The summed E-state index contributed by atoms with van der Waals surface area (Å²) in [5.74, 6) is 0.406. The minimum Gasteiger partial charge on any atom is -0.478 e. The first-order valence-corrected chi connectivity index (χ1v) is 7.54. The Bertz CT molecular complexity index is 661. The van der Waals surface area contributed by atoms with Crippen LogP contribution in [0.2, 0.25) is 0 Å². The van der Waals surface area contributed by atoms with Crippen molar-refractivity contribution in [3.63, 3.8) is 0 Å². The molecule has 0 bridgehead atoms. The van der Waals surface area contributed by atoms with Gasteiger partial charge in [-0.25, -0.2) is 4.79 Å². The van der Waals surface area contributed by atoms with Gasteiger partial charge in [0.25, 0.3) is 0 Å². The third kappa shape index (κ3) is 2.68. The van der Waals surface area contributed by atoms with E-state index in [1.807, 2.05) is 24.3 Å². The fraction of sp³-hybridized carbons (Fsp3) is 0.471. The molecule has 0 saturated carbocycles. The summed E-state index contributed by atoms with van der Waals surface area (Å²) in [6.45, 7) is 6.05. The Labute approximate surface area is 124 Å². The van der Waals surface area contributed by atoms with Crippen molar-refractivity contribution >= 4 is 16.9 Å². The van der Waals surface area contributed by atoms with Gasteiger partial charge >= 0.3 is 5.97 Å². The van der Waals surface area contributed by atoms with Crippen LogP contribution in [0.5, 0.6) is 0 Å². The molecule has 0 spiro atoms. The summed E-state index contributed by atoms with van der Waals surface area (Å²) in [6.07, 6.45) is 2.32. The van der Waals surface area contributed by atoms with Gasteiger partial charge in [-0.05, 0) is 38.3 Å². The Morgan fingerprint density at radius 1 is 1.38 bits per heavy atom. The molecule has 2 atom stereocenters. The molecule has 1 aliphatic rings. The van der Waals surface area contributed by atoms with E-state index in [0.717, 1.165) is 25.3 Å². The predicted octanol–water partition coefficient (Wildman–Crippen LogP) is 3.75. The number of likely N-dealkylation sites (tertiary alicyclic amines) is 1. The molecule has 1 aliphatic heterocycles. The van der Waals surface area contributed by atoms with Crippen molar-refractivity contribution in [3.05, 3.63) is 35.6 Å². The van der Waals surface area contributed by atoms with E-state index in [-0.39, 0.29) is 0 Å². The van der Waals surface area contributed by atoms with Crippen molar-refractivity contribution < 1.29 is 14.3 Å². The van der Waals surface area contributed by atoms with Crippen LogP contribution in [0.25, 0.3) is 11.0 Å². The van der Waals surface area contributed by atoms with Crippen LogP contribution >= 0.6 is 0 Å². The molecule has 2 heterocycles. The molecule has 0 aliphatic carbocycles. The Morgan fingerprint density at radius 2 is 2.14 bits per heavy atom. The molecule has 2 unspecified atom stereocenters. The topological polar surface area (TPSA) is 53.7 Å². The summed E-state index contributed by atoms with van der Waals surface area (Å²) >= 11 is 0. The average molecular weight is 287 g/mol. The molecule has 1 aromatic carbocycles. The third-order valence-electron chi connectivity index (χ3n) is 4.50. The van der Waals surface area contributed by atoms with Crippen molar-refractivity contribution in [2.24, 2.45) is 5.92 Å². The molecule has 2 aromatic rings. The molecule has 21 heavy (non-hydrogen) atoms. The lowest BCUT2D eigenvalue weighted by Gasteiger charge is -2.35. The number of para-hydroxylation sites is 1. The second-order valence-corrected chi connectivity index (χ2v) is 6.15. The highest BCUT2D eigenvalue weighted by Crippen LogP contribution is 2.29. The van der Waals surface area contributed by atoms with Gasteiger partial charge in [-0.15, -0.1) is 0 Å². The smallest absolute Gasteiger partial charge is 0.339 e. The quantitative estimate of drug-likeness (QED) is 0.934. The molecule has 3 rings (SSSR count). The molecule has 4 heteroatoms. The van der Waals surface area contributed by atoms with Crippen LogP contribution in [-0.2, 0) is 6.54 Å². The van der Waals surface area contributed by atoms with Crippen LogP contribution in [0.15, 0.2) is 28.7 Å². The summed E-state index contributed by atoms with van der Waals surface area (Å²) < 4.78 is 5.82. The second kappa shape index (κ2) is 5.53. The van der Waals surface area contributed by atoms with Gasteiger partial charge in [0.05, 0.1) is 6.54 Å². The van der Waals surface area contributed by atoms with Gasteiger partial charge in [-0.1, -0.05) is 25.1 Å². The van der Waals surface area contributed by atoms with E-state index in [1.165, 1.54) is 0 Å². The number of rotatable bonds is 3. The zero-order valence-corrected chi connectivity index (χ0v) is 12.5. The van der Waals surface area contributed by atoms with Gasteiger partial charge in [0.2, 0.25) is 0 Å². The number of nitrogens with zero attached hydrogens (tertiary/aromatic N) is 1. The zero-order valence-electron chi connectivity index (χ0n) is 12.5. The summed E-state index contributed by atoms with van der Waals surface area (Å²) in [7, 11) is 0. The van der Waals surface area contributed by atoms with Crippen molar-refractivity contribution in [1.29, 1.82) is 0 Å². The van der Waals surface area contributed by atoms with E-state index in [2.05, 4.69) is 18.7 Å². The number of fused-ring (bicyclic) bond motifs is 1. The van der Waals surface area contributed by atoms with Gasteiger partial charge < -0.3 is 9.52 Å². The highest BCUT2D eigenvalue weighted by Gasteiger charge is 2.27. The van der Waals surface area contributed by atoms with E-state index >= 15 is 0 Å². The van der Waals surface area contributed by atoms with Crippen LogP contribution in [0, 0.1) is 5.92 Å². The number of hydrogen-bond acceptors (Lipinski definition) is 3. The zero-order chi connectivity index (χ0) is 15.0. The largest absolute Gasteiger partial charge is 0.478 e. The fourth-order valence-corrected chi connectivity index (χ4v) is 3.32. The summed E-state index contributed by atoms with van der Waals surface area (Å²) in [5.41, 5.74) is 0.972. The van der Waals surface area contributed by atoms with E-state index in [0.29, 0.717) is 34.9 Å². The van der Waals surface area contributed by atoms with Crippen molar-refractivity contribution in [1.82, 2.24) is 4.90 Å². The first-order chi connectivity index (χ1) is 10.1. The first kappa shape index (κ1) is 14.1. The van der Waals surface area contributed by atoms with Gasteiger partial charge in [0.15, 0.2) is 0 Å². The minimum atomic E-state index is -0.909. The van der Waals surface area contributed by atoms with Crippen LogP contribution in [0.4, 0.5) is 0 Å². The fourth-order valence-electron chi connectivity index (χ4n) is 3.32. The number of aromatic carboxylic acids is 1. The SMILES string of the molecule is CC1CCN(Cc2oc3ccccc3c2C(=O)O)C(C)C1. The lowest BCUT2D eigenvalue weighted by atomic mass is 9.93. The maximum Gasteiger partial charge on any atom is 0.339 e. The first-order valence-electron chi connectivity index (χ1n) is 7.54. The average Bonchev–Trinajstić information content (AvgIpc) is 2.80. The summed E-state index contributed by atoms with van der Waals surface area (Å²) in [6, 6.07) is 7.82. The minimum absolute atomic E-state index is 0.316. The van der Waals surface area contributed by atoms with Crippen LogP contribution in [-0.4, -0.2) is 28.6 Å². The number of hydrogen-bond donors (Lipinski definition) is 1.